The van der Waals surface area contributed by atoms with Crippen LogP contribution in [0.1, 0.15) is 5.56 Å². The number of ether oxygens (including phenoxy) is 1. The molecule has 1 aromatic carbocycles. The van der Waals surface area contributed by atoms with Crippen LogP contribution in [0.2, 0.25) is 0 Å². The van der Waals surface area contributed by atoms with Gasteiger partial charge in [0.15, 0.2) is 0 Å². The maximum atomic E-state index is 8.75. The van der Waals surface area contributed by atoms with Crippen molar-refractivity contribution in [2.45, 2.75) is 0 Å². The van der Waals surface area contributed by atoms with Crippen molar-refractivity contribution < 1.29 is 4.74 Å². The highest BCUT2D eigenvalue weighted by atomic mass is 127. The molecular formula is C8H5I2NO. The summed E-state index contributed by atoms with van der Waals surface area (Å²) in [7, 11) is 1.61. The van der Waals surface area contributed by atoms with Crippen molar-refractivity contribution in [3.8, 4) is 11.8 Å². The Kier molecular flexibility index (Phi) is 3.58. The van der Waals surface area contributed by atoms with Crippen LogP contribution in [0.25, 0.3) is 0 Å². The van der Waals surface area contributed by atoms with Crippen molar-refractivity contribution in [2.24, 2.45) is 0 Å². The molecule has 0 aliphatic rings. The van der Waals surface area contributed by atoms with Crippen molar-refractivity contribution in [1.29, 1.82) is 5.26 Å². The Morgan fingerprint density at radius 1 is 1.42 bits per heavy atom. The molecule has 2 nitrogen and oxygen atoms in total. The molecule has 62 valence electrons. The molecule has 0 fully saturated rings. The number of rotatable bonds is 1. The van der Waals surface area contributed by atoms with Gasteiger partial charge in [0, 0.05) is 3.57 Å². The van der Waals surface area contributed by atoms with E-state index >= 15 is 0 Å². The summed E-state index contributed by atoms with van der Waals surface area (Å²) < 4.78 is 6.99. The predicted molar refractivity (Wildman–Crippen MR) is 63.1 cm³/mol. The van der Waals surface area contributed by atoms with Gasteiger partial charge in [-0.25, -0.2) is 0 Å². The summed E-state index contributed by atoms with van der Waals surface area (Å²) in [4.78, 5) is 0. The van der Waals surface area contributed by atoms with E-state index < -0.39 is 0 Å². The van der Waals surface area contributed by atoms with Gasteiger partial charge in [0.2, 0.25) is 0 Å². The molecular weight excluding hydrogens is 380 g/mol. The molecule has 1 aromatic rings. The Bertz CT molecular complexity index is 344. The summed E-state index contributed by atoms with van der Waals surface area (Å²) >= 11 is 4.27. The first-order chi connectivity index (χ1) is 5.69. The van der Waals surface area contributed by atoms with Gasteiger partial charge >= 0.3 is 0 Å². The predicted octanol–water partition coefficient (Wildman–Crippen LogP) is 2.78. The first kappa shape index (κ1) is 10.1. The quantitative estimate of drug-likeness (QED) is 0.697. The molecule has 0 saturated heterocycles. The van der Waals surface area contributed by atoms with E-state index in [4.69, 9.17) is 10.00 Å². The average molecular weight is 385 g/mol. The Labute approximate surface area is 98.2 Å². The van der Waals surface area contributed by atoms with Gasteiger partial charge in [-0.3, -0.25) is 0 Å². The summed E-state index contributed by atoms with van der Waals surface area (Å²) in [6.07, 6.45) is 0. The normalized spacial score (nSPS) is 9.17. The van der Waals surface area contributed by atoms with Crippen LogP contribution in [-0.4, -0.2) is 7.11 Å². The van der Waals surface area contributed by atoms with E-state index in [1.54, 1.807) is 7.11 Å². The number of nitrogens with zero attached hydrogens (tertiary/aromatic N) is 1. The fraction of sp³-hybridized carbons (Fsp3) is 0.125. The number of nitriles is 1. The van der Waals surface area contributed by atoms with Gasteiger partial charge in [0.25, 0.3) is 0 Å². The van der Waals surface area contributed by atoms with Crippen LogP contribution >= 0.6 is 45.2 Å². The minimum absolute atomic E-state index is 0.666. The lowest BCUT2D eigenvalue weighted by atomic mass is 10.2. The number of halogens is 2. The molecule has 0 N–H and O–H groups in total. The molecule has 0 unspecified atom stereocenters. The first-order valence-electron chi connectivity index (χ1n) is 3.12. The van der Waals surface area contributed by atoms with Gasteiger partial charge in [-0.2, -0.15) is 5.26 Å². The zero-order valence-corrected chi connectivity index (χ0v) is 10.6. The lowest BCUT2D eigenvalue weighted by Gasteiger charge is -2.04. The molecule has 4 heteroatoms. The third kappa shape index (κ3) is 2.01. The number of hydrogen-bond acceptors (Lipinski definition) is 2. The van der Waals surface area contributed by atoms with Gasteiger partial charge in [-0.15, -0.1) is 0 Å². The minimum atomic E-state index is 0.666. The third-order valence-corrected chi connectivity index (χ3v) is 3.08. The molecule has 0 spiro atoms. The fourth-order valence-electron chi connectivity index (χ4n) is 0.794. The van der Waals surface area contributed by atoms with Crippen LogP contribution < -0.4 is 4.74 Å². The first-order valence-corrected chi connectivity index (χ1v) is 5.28. The summed E-state index contributed by atoms with van der Waals surface area (Å²) in [5.74, 6) is 0.763. The summed E-state index contributed by atoms with van der Waals surface area (Å²) in [6, 6.07) is 5.86. The average Bonchev–Trinajstić information content (AvgIpc) is 2.08. The van der Waals surface area contributed by atoms with E-state index in [1.165, 1.54) is 0 Å². The zero-order chi connectivity index (χ0) is 9.14. The Morgan fingerprint density at radius 3 is 2.58 bits per heavy atom. The molecule has 0 aliphatic carbocycles. The molecule has 0 heterocycles. The van der Waals surface area contributed by atoms with Crippen molar-refractivity contribution in [3.05, 3.63) is 24.8 Å². The number of methoxy groups -OCH3 is 1. The van der Waals surface area contributed by atoms with E-state index in [2.05, 4.69) is 51.3 Å². The monoisotopic (exact) mass is 385 g/mol. The topological polar surface area (TPSA) is 33.0 Å². The third-order valence-electron chi connectivity index (χ3n) is 1.34. The van der Waals surface area contributed by atoms with Gasteiger partial charge in [-0.05, 0) is 57.3 Å². The molecule has 0 atom stereocenters. The van der Waals surface area contributed by atoms with E-state index in [0.29, 0.717) is 5.56 Å². The van der Waals surface area contributed by atoms with Gasteiger partial charge in [0.05, 0.1) is 16.2 Å². The van der Waals surface area contributed by atoms with Crippen molar-refractivity contribution >= 4 is 45.2 Å². The van der Waals surface area contributed by atoms with Crippen LogP contribution in [0.15, 0.2) is 12.1 Å². The largest absolute Gasteiger partial charge is 0.496 e. The summed E-state index contributed by atoms with van der Waals surface area (Å²) in [5, 5.41) is 8.75. The van der Waals surface area contributed by atoms with Crippen LogP contribution in [0.5, 0.6) is 5.75 Å². The summed E-state index contributed by atoms with van der Waals surface area (Å²) in [5.41, 5.74) is 0.666. The number of benzene rings is 1. The van der Waals surface area contributed by atoms with E-state index in [9.17, 15) is 0 Å². The highest BCUT2D eigenvalue weighted by molar-refractivity contribution is 14.1. The maximum Gasteiger partial charge on any atom is 0.134 e. The van der Waals surface area contributed by atoms with Gasteiger partial charge in [-0.1, -0.05) is 0 Å². The molecule has 0 aromatic heterocycles. The van der Waals surface area contributed by atoms with Crippen LogP contribution in [0.4, 0.5) is 0 Å². The highest BCUT2D eigenvalue weighted by Crippen LogP contribution is 2.26. The molecule has 0 aliphatic heterocycles. The van der Waals surface area contributed by atoms with Crippen LogP contribution in [-0.2, 0) is 0 Å². The van der Waals surface area contributed by atoms with Crippen LogP contribution in [0.3, 0.4) is 0 Å². The highest BCUT2D eigenvalue weighted by Gasteiger charge is 2.06. The maximum absolute atomic E-state index is 8.75. The number of hydrogen-bond donors (Lipinski definition) is 0. The summed E-state index contributed by atoms with van der Waals surface area (Å²) in [6.45, 7) is 0. The second kappa shape index (κ2) is 4.28. The van der Waals surface area contributed by atoms with E-state index in [0.717, 1.165) is 12.9 Å². The molecule has 12 heavy (non-hydrogen) atoms. The smallest absolute Gasteiger partial charge is 0.134 e. The second-order valence-electron chi connectivity index (χ2n) is 2.08. The van der Waals surface area contributed by atoms with Gasteiger partial charge < -0.3 is 4.74 Å². The molecule has 1 rings (SSSR count). The van der Waals surface area contributed by atoms with E-state index in [1.807, 2.05) is 12.1 Å². The van der Waals surface area contributed by atoms with Crippen LogP contribution in [0, 0.1) is 18.5 Å². The second-order valence-corrected chi connectivity index (χ2v) is 4.41. The van der Waals surface area contributed by atoms with Crippen molar-refractivity contribution in [3.63, 3.8) is 0 Å². The Hall–Kier alpha value is -0.0300. The zero-order valence-electron chi connectivity index (χ0n) is 6.27. The lowest BCUT2D eigenvalue weighted by Crippen LogP contribution is -1.91. The SMILES string of the molecule is COc1cc(I)cc(C#N)c1I. The Morgan fingerprint density at radius 2 is 2.08 bits per heavy atom. The Balaban J connectivity index is 3.34. The molecule has 0 saturated carbocycles. The van der Waals surface area contributed by atoms with Crippen molar-refractivity contribution in [2.75, 3.05) is 7.11 Å². The van der Waals surface area contributed by atoms with Gasteiger partial charge in [0.1, 0.15) is 11.8 Å². The fourth-order valence-corrected chi connectivity index (χ4v) is 2.04. The lowest BCUT2D eigenvalue weighted by molar-refractivity contribution is 0.411. The van der Waals surface area contributed by atoms with E-state index in [-0.39, 0.29) is 0 Å². The molecule has 0 amide bonds. The molecule has 0 radical (unpaired) electrons. The minimum Gasteiger partial charge on any atom is -0.496 e. The molecule has 0 bridgehead atoms. The van der Waals surface area contributed by atoms with Crippen molar-refractivity contribution in [1.82, 2.24) is 0 Å². The standard InChI is InChI=1S/C8H5I2NO/c1-12-7-3-6(9)2-5(4-11)8(7)10/h2-3H,1H3.